The van der Waals surface area contributed by atoms with E-state index in [2.05, 4.69) is 4.52 Å². The lowest BCUT2D eigenvalue weighted by molar-refractivity contribution is -0.0316. The molecule has 0 bridgehead atoms. The van der Waals surface area contributed by atoms with Crippen molar-refractivity contribution in [1.29, 1.82) is 0 Å². The van der Waals surface area contributed by atoms with Crippen LogP contribution in [-0.4, -0.2) is 44.2 Å². The maximum atomic E-state index is 5.77. The van der Waals surface area contributed by atoms with Crippen LogP contribution in [-0.2, 0) is 27.5 Å². The van der Waals surface area contributed by atoms with Gasteiger partial charge in [0.15, 0.2) is 0 Å². The first-order chi connectivity index (χ1) is 11.2. The van der Waals surface area contributed by atoms with E-state index in [-0.39, 0.29) is 0 Å². The van der Waals surface area contributed by atoms with Gasteiger partial charge in [-0.2, -0.15) is 4.52 Å². The highest BCUT2D eigenvalue weighted by molar-refractivity contribution is 7.65. The van der Waals surface area contributed by atoms with Gasteiger partial charge >= 0.3 is 0 Å². The SMILES string of the molecule is CCON(P(N=[PH](OCC)OCC)OCC)P(OCC)OCC. The molecule has 0 aliphatic rings. The molecule has 0 fully saturated rings. The van der Waals surface area contributed by atoms with Crippen LogP contribution >= 0.6 is 25.1 Å². The Hall–Kier alpha value is 0.810. The minimum Gasteiger partial charge on any atom is -0.326 e. The van der Waals surface area contributed by atoms with Crippen LogP contribution in [0.5, 0.6) is 0 Å². The molecule has 0 aromatic rings. The van der Waals surface area contributed by atoms with Gasteiger partial charge in [-0.05, 0) is 46.1 Å². The molecule has 0 aromatic carbocycles. The second kappa shape index (κ2) is 16.3. The summed E-state index contributed by atoms with van der Waals surface area (Å²) in [7, 11) is -4.63. The molecule has 0 aliphatic heterocycles. The Morgan fingerprint density at radius 1 is 0.739 bits per heavy atom. The minimum absolute atomic E-state index is 0.464. The Labute approximate surface area is 143 Å². The third-order valence-electron chi connectivity index (χ3n) is 1.96. The van der Waals surface area contributed by atoms with Crippen LogP contribution in [0.1, 0.15) is 41.5 Å². The fourth-order valence-electron chi connectivity index (χ4n) is 1.28. The van der Waals surface area contributed by atoms with Crippen molar-refractivity contribution in [1.82, 2.24) is 4.60 Å². The zero-order valence-electron chi connectivity index (χ0n) is 15.0. The monoisotopic (exact) mass is 392 g/mol. The van der Waals surface area contributed by atoms with Crippen molar-refractivity contribution < 1.29 is 27.5 Å². The van der Waals surface area contributed by atoms with E-state index in [0.29, 0.717) is 39.6 Å². The Morgan fingerprint density at radius 3 is 1.65 bits per heavy atom. The smallest absolute Gasteiger partial charge is 0.291 e. The number of nitrogens with zero attached hydrogens (tertiary/aromatic N) is 2. The van der Waals surface area contributed by atoms with Crippen molar-refractivity contribution in [2.75, 3.05) is 39.6 Å². The lowest BCUT2D eigenvalue weighted by atomic mass is 10.9. The molecular formula is C12H31N2O6P3. The van der Waals surface area contributed by atoms with Crippen LogP contribution in [0.25, 0.3) is 0 Å². The third kappa shape index (κ3) is 10.4. The molecular weight excluding hydrogens is 361 g/mol. The molecule has 1 atom stereocenters. The van der Waals surface area contributed by atoms with Gasteiger partial charge < -0.3 is 22.6 Å². The predicted molar refractivity (Wildman–Crippen MR) is 96.2 cm³/mol. The lowest BCUT2D eigenvalue weighted by Gasteiger charge is -2.30. The van der Waals surface area contributed by atoms with Crippen molar-refractivity contribution in [2.24, 2.45) is 4.52 Å². The second-order valence-electron chi connectivity index (χ2n) is 3.65. The first-order valence-corrected chi connectivity index (χ1v) is 11.5. The number of hydrogen-bond acceptors (Lipinski definition) is 8. The lowest BCUT2D eigenvalue weighted by Crippen LogP contribution is -2.16. The summed E-state index contributed by atoms with van der Waals surface area (Å²) in [6, 6.07) is 0. The summed E-state index contributed by atoms with van der Waals surface area (Å²) in [5.41, 5.74) is 0. The van der Waals surface area contributed by atoms with Gasteiger partial charge in [0.25, 0.3) is 17.0 Å². The molecule has 0 rings (SSSR count). The van der Waals surface area contributed by atoms with Gasteiger partial charge in [0.2, 0.25) is 8.17 Å². The molecule has 0 amide bonds. The highest BCUT2D eigenvalue weighted by atomic mass is 31.2. The zero-order valence-corrected chi connectivity index (χ0v) is 17.8. The highest BCUT2D eigenvalue weighted by Crippen LogP contribution is 2.62. The van der Waals surface area contributed by atoms with E-state index in [0.717, 1.165) is 0 Å². The molecule has 11 heteroatoms. The van der Waals surface area contributed by atoms with Crippen LogP contribution in [0, 0.1) is 0 Å². The summed E-state index contributed by atoms with van der Waals surface area (Å²) < 4.78 is 34.5. The van der Waals surface area contributed by atoms with Crippen LogP contribution in [0.2, 0.25) is 0 Å². The molecule has 0 N–H and O–H groups in total. The maximum Gasteiger partial charge on any atom is 0.291 e. The molecule has 0 saturated carbocycles. The molecule has 1 unspecified atom stereocenters. The maximum absolute atomic E-state index is 5.77. The van der Waals surface area contributed by atoms with E-state index < -0.39 is 25.1 Å². The predicted octanol–water partition coefficient (Wildman–Crippen LogP) is 5.10. The molecule has 0 aromatic heterocycles. The summed E-state index contributed by atoms with van der Waals surface area (Å²) in [6.45, 7) is 14.5. The molecule has 140 valence electrons. The van der Waals surface area contributed by atoms with Crippen molar-refractivity contribution in [3.05, 3.63) is 0 Å². The van der Waals surface area contributed by atoms with Crippen molar-refractivity contribution in [3.63, 3.8) is 0 Å². The molecule has 0 heterocycles. The van der Waals surface area contributed by atoms with Crippen LogP contribution in [0.4, 0.5) is 0 Å². The molecule has 0 saturated heterocycles. The first-order valence-electron chi connectivity index (χ1n) is 7.94. The minimum atomic E-state index is -1.79. The Bertz CT molecular complexity index is 301. The van der Waals surface area contributed by atoms with E-state index in [4.69, 9.17) is 27.5 Å². The fraction of sp³-hybridized carbons (Fsp3) is 1.00. The van der Waals surface area contributed by atoms with E-state index >= 15 is 0 Å². The van der Waals surface area contributed by atoms with E-state index in [1.807, 2.05) is 41.5 Å². The average molecular weight is 392 g/mol. The zero-order chi connectivity index (χ0) is 17.5. The van der Waals surface area contributed by atoms with Crippen LogP contribution < -0.4 is 0 Å². The highest BCUT2D eigenvalue weighted by Gasteiger charge is 2.32. The van der Waals surface area contributed by atoms with Gasteiger partial charge in [0, 0.05) is 0 Å². The van der Waals surface area contributed by atoms with E-state index in [1.54, 1.807) is 4.60 Å². The molecule has 8 nitrogen and oxygen atoms in total. The first kappa shape index (κ1) is 23.8. The van der Waals surface area contributed by atoms with Gasteiger partial charge in [0.1, 0.15) is 0 Å². The Kier molecular flexibility index (Phi) is 16.9. The quantitative estimate of drug-likeness (QED) is 0.283. The van der Waals surface area contributed by atoms with Gasteiger partial charge in [0.05, 0.1) is 39.6 Å². The fourth-order valence-corrected chi connectivity index (χ4v) is 6.21. The molecule has 0 spiro atoms. The Balaban J connectivity index is 5.35. The molecule has 23 heavy (non-hydrogen) atoms. The molecule has 0 radical (unpaired) electrons. The second-order valence-corrected chi connectivity index (χ2v) is 8.35. The summed E-state index contributed by atoms with van der Waals surface area (Å²) in [5, 5.41) is 0. The summed E-state index contributed by atoms with van der Waals surface area (Å²) >= 11 is 0. The number of hydrogen-bond donors (Lipinski definition) is 0. The van der Waals surface area contributed by atoms with Crippen molar-refractivity contribution >= 4 is 25.1 Å². The van der Waals surface area contributed by atoms with Crippen LogP contribution in [0.3, 0.4) is 0 Å². The van der Waals surface area contributed by atoms with E-state index in [9.17, 15) is 0 Å². The number of rotatable bonds is 15. The van der Waals surface area contributed by atoms with E-state index in [1.165, 1.54) is 0 Å². The standard InChI is InChI=1S/C12H31N2O6P3/c1-7-15-14(23(19-11-5)20-12-6)21(16-8-2)13-22(17-9-3)18-10-4/h22H,7-12H2,1-6H3. The third-order valence-corrected chi connectivity index (χ3v) is 7.51. The van der Waals surface area contributed by atoms with Crippen molar-refractivity contribution in [2.45, 2.75) is 41.5 Å². The largest absolute Gasteiger partial charge is 0.326 e. The normalized spacial score (nSPS) is 13.3. The molecule has 0 aliphatic carbocycles. The summed E-state index contributed by atoms with van der Waals surface area (Å²) in [5.74, 6) is 0. The van der Waals surface area contributed by atoms with Gasteiger partial charge in [-0.25, -0.2) is 0 Å². The average Bonchev–Trinajstić information content (AvgIpc) is 2.52. The van der Waals surface area contributed by atoms with Gasteiger partial charge in [-0.15, -0.1) is 0 Å². The summed E-state index contributed by atoms with van der Waals surface area (Å²) in [6.07, 6.45) is 0. The summed E-state index contributed by atoms with van der Waals surface area (Å²) in [4.78, 5) is 5.71. The van der Waals surface area contributed by atoms with Gasteiger partial charge in [-0.3, -0.25) is 4.84 Å². The topological polar surface area (TPSA) is 71.0 Å². The van der Waals surface area contributed by atoms with Crippen molar-refractivity contribution in [3.8, 4) is 0 Å². The Morgan fingerprint density at radius 2 is 1.26 bits per heavy atom. The van der Waals surface area contributed by atoms with Crippen LogP contribution in [0.15, 0.2) is 4.52 Å². The van der Waals surface area contributed by atoms with Gasteiger partial charge in [-0.1, -0.05) is 0 Å².